The van der Waals surface area contributed by atoms with Gasteiger partial charge in [0.05, 0.1) is 30.9 Å². The summed E-state index contributed by atoms with van der Waals surface area (Å²) in [4.78, 5) is 247. The molecule has 10 rings (SSSR count). The number of carboxylic acids is 1. The standard InChI is InChI=1S/C96H118F3N17O21S/c1-7-8-25-74-95(136)116-49-62(120)44-77(116)91(132)108-70(45-81(123)124)88(129)111-83(52(2)3)96(137)113(5)75(40-53-18-11-9-12-19-53)89(130)109-72(38-56-28-32-60(118)33-29-56)93(134)115-48-61(119)43-76(115)90(131)107-69(42-58-46-102-66-23-16-15-22-63(58)66)87(128)106-68(37-55-26-30-59(117)31-27-55)86(127)105-67(24-17-34-100)85(126)110-73(84(125)103-47-79(101)121)50-138-51-80(122)104-71(39-57-35-64(97)82(99)65(98)36-57)92(133)114(6)78(94(135)112(74)4)41-54-20-13-10-14-21-54/h9-16,18-23,26-33,35-36,46,52,61-62,67-78,83,102,117-120H,7-8,17,24-25,34,37-45,47-51,100H2,1-6H3,(H2,101,121)(H,103,125)(H,104,122)(H,105,127)(H,106,128)(H,107,131)(H,108,132)(H,109,130)(H,110,126)(H,111,129)(H,123,124)/t61-,62-,67+,68+,69+,70+,71+,72+,73+,74+,75+,76-,77-,78+,83+/m1/s1. The van der Waals surface area contributed by atoms with Crippen LogP contribution in [0.5, 0.6) is 11.5 Å². The zero-order valence-corrected chi connectivity index (χ0v) is 77.8. The Balaban J connectivity index is 1.07. The molecule has 0 bridgehead atoms. The predicted molar refractivity (Wildman–Crippen MR) is 498 cm³/mol. The third-order valence-electron chi connectivity index (χ3n) is 24.4. The maximum absolute atomic E-state index is 15.8. The highest BCUT2D eigenvalue weighted by Crippen LogP contribution is 2.29. The minimum atomic E-state index is -2.06. The molecule has 0 spiro atoms. The van der Waals surface area contributed by atoms with Crippen molar-refractivity contribution in [2.24, 2.45) is 17.4 Å². The number of H-pyrrole nitrogens is 1. The van der Waals surface area contributed by atoms with Gasteiger partial charge in [0.2, 0.25) is 88.6 Å². The van der Waals surface area contributed by atoms with Crippen LogP contribution in [0, 0.1) is 23.4 Å². The molecule has 38 nitrogen and oxygen atoms in total. The summed E-state index contributed by atoms with van der Waals surface area (Å²) in [5, 5.41) is 78.2. The zero-order chi connectivity index (χ0) is 100. The highest BCUT2D eigenvalue weighted by atomic mass is 32.2. The molecule has 3 fully saturated rings. The number of aromatic hydroxyl groups is 2. The number of aromatic nitrogens is 1. The summed E-state index contributed by atoms with van der Waals surface area (Å²) in [5.41, 5.74) is 13.6. The number of halogens is 3. The van der Waals surface area contributed by atoms with Crippen molar-refractivity contribution in [3.05, 3.63) is 203 Å². The Kier molecular flexibility index (Phi) is 38.2. The van der Waals surface area contributed by atoms with E-state index in [-0.39, 0.29) is 69.4 Å². The third-order valence-corrected chi connectivity index (χ3v) is 25.5. The van der Waals surface area contributed by atoms with Crippen LogP contribution in [0.1, 0.15) is 106 Å². The van der Waals surface area contributed by atoms with E-state index in [1.807, 2.05) is 0 Å². The van der Waals surface area contributed by atoms with Gasteiger partial charge in [-0.3, -0.25) is 76.7 Å². The van der Waals surface area contributed by atoms with E-state index in [4.69, 9.17) is 11.5 Å². The number of benzene rings is 6. The van der Waals surface area contributed by atoms with E-state index in [1.165, 1.54) is 76.5 Å². The number of carboxylic acid groups (broad SMARTS) is 1. The van der Waals surface area contributed by atoms with Gasteiger partial charge < -0.3 is 114 Å². The fourth-order valence-corrected chi connectivity index (χ4v) is 17.8. The van der Waals surface area contributed by atoms with Gasteiger partial charge in [0.25, 0.3) is 0 Å². The topological polar surface area (TPSA) is 567 Å². The lowest BCUT2D eigenvalue weighted by Gasteiger charge is -2.38. The van der Waals surface area contributed by atoms with Crippen molar-refractivity contribution in [2.75, 3.05) is 58.8 Å². The van der Waals surface area contributed by atoms with Crippen LogP contribution in [-0.4, -0.2) is 299 Å². The van der Waals surface area contributed by atoms with Gasteiger partial charge in [-0.05, 0) is 108 Å². The molecule has 0 aliphatic carbocycles. The number of phenols is 2. The quantitative estimate of drug-likeness (QED) is 0.0365. The summed E-state index contributed by atoms with van der Waals surface area (Å²) in [7, 11) is 3.61. The number of carbonyl (C=O) groups is 16. The van der Waals surface area contributed by atoms with E-state index in [0.29, 0.717) is 69.0 Å². The first kappa shape index (κ1) is 106. The maximum atomic E-state index is 15.8. The second kappa shape index (κ2) is 49.7. The lowest BCUT2D eigenvalue weighted by Crippen LogP contribution is -2.62. The Morgan fingerprint density at radius 3 is 1.52 bits per heavy atom. The fourth-order valence-electron chi connectivity index (χ4n) is 16.9. The molecule has 15 amide bonds. The molecule has 0 radical (unpaired) electrons. The summed E-state index contributed by atoms with van der Waals surface area (Å²) in [6, 6.07) is 12.9. The highest BCUT2D eigenvalue weighted by Gasteiger charge is 2.48. The number of nitrogens with one attached hydrogen (secondary N) is 10. The Morgan fingerprint density at radius 1 is 0.493 bits per heavy atom. The first-order valence-corrected chi connectivity index (χ1v) is 46.4. The van der Waals surface area contributed by atoms with E-state index in [9.17, 15) is 63.5 Å². The number of hydrogen-bond donors (Lipinski definition) is 17. The van der Waals surface area contributed by atoms with Crippen molar-refractivity contribution in [2.45, 2.75) is 201 Å². The number of hydrogen-bond acceptors (Lipinski definition) is 22. The van der Waals surface area contributed by atoms with Crippen molar-refractivity contribution in [3.8, 4) is 11.5 Å². The Bertz CT molecular complexity index is 5510. The number of primary amides is 1. The maximum Gasteiger partial charge on any atom is 0.305 e. The summed E-state index contributed by atoms with van der Waals surface area (Å²) in [6.45, 7) is 2.76. The number of aliphatic hydroxyl groups is 2. The van der Waals surface area contributed by atoms with E-state index in [0.717, 1.165) is 31.5 Å². The van der Waals surface area contributed by atoms with Crippen LogP contribution < -0.4 is 59.3 Å². The Morgan fingerprint density at radius 2 is 0.964 bits per heavy atom. The molecule has 15 atom stereocenters. The van der Waals surface area contributed by atoms with Crippen LogP contribution in [0.15, 0.2) is 152 Å². The van der Waals surface area contributed by atoms with Crippen molar-refractivity contribution >= 4 is 117 Å². The molecule has 3 saturated heterocycles. The largest absolute Gasteiger partial charge is 0.508 e. The summed E-state index contributed by atoms with van der Waals surface area (Å²) < 4.78 is 45.2. The molecule has 7 aromatic rings. The molecule has 0 unspecified atom stereocenters. The third kappa shape index (κ3) is 28.8. The van der Waals surface area contributed by atoms with Gasteiger partial charge >= 0.3 is 5.97 Å². The zero-order valence-electron chi connectivity index (χ0n) is 77.0. The van der Waals surface area contributed by atoms with Crippen molar-refractivity contribution in [1.82, 2.24) is 77.3 Å². The van der Waals surface area contributed by atoms with Gasteiger partial charge in [-0.15, -0.1) is 11.8 Å². The van der Waals surface area contributed by atoms with E-state index in [2.05, 4.69) is 52.8 Å². The number of unbranched alkanes of at least 4 members (excludes halogenated alkanes) is 1. The normalized spacial score (nSPS) is 24.2. The number of phenolic OH excluding ortho intramolecular Hbond substituents is 2. The van der Waals surface area contributed by atoms with Crippen LogP contribution in [0.25, 0.3) is 10.9 Å². The number of aromatic amines is 1. The van der Waals surface area contributed by atoms with E-state index < -0.39 is 278 Å². The van der Waals surface area contributed by atoms with E-state index in [1.54, 1.807) is 98.0 Å². The molecule has 740 valence electrons. The number of para-hydroxylation sites is 1. The number of fused-ring (bicyclic) bond motifs is 3. The number of carbonyl (C=O) groups excluding carboxylic acids is 15. The summed E-state index contributed by atoms with van der Waals surface area (Å²) in [5.74, 6) is -25.4. The van der Waals surface area contributed by atoms with Gasteiger partial charge in [-0.25, -0.2) is 13.2 Å². The highest BCUT2D eigenvalue weighted by molar-refractivity contribution is 8.00. The minimum Gasteiger partial charge on any atom is -0.508 e. The number of amides is 15. The predicted octanol–water partition coefficient (Wildman–Crippen LogP) is 0.443. The van der Waals surface area contributed by atoms with Crippen molar-refractivity contribution < 1.29 is 115 Å². The van der Waals surface area contributed by atoms with Crippen LogP contribution in [0.4, 0.5) is 13.2 Å². The molecule has 3 aliphatic rings. The number of nitrogens with two attached hydrogens (primary N) is 2. The average Bonchev–Trinajstić information content (AvgIpc) is 1.81. The molecule has 19 N–H and O–H groups in total. The lowest BCUT2D eigenvalue weighted by molar-refractivity contribution is -0.152. The molecule has 3 aliphatic heterocycles. The number of rotatable bonds is 24. The number of likely N-dealkylation sites (N-methyl/N-ethyl adjacent to an activating group) is 3. The van der Waals surface area contributed by atoms with Gasteiger partial charge in [-0.1, -0.05) is 137 Å². The van der Waals surface area contributed by atoms with Gasteiger partial charge in [0, 0.05) is 108 Å². The Hall–Kier alpha value is -14.0. The molecular formula is C96H118F3N17O21S. The lowest BCUT2D eigenvalue weighted by atomic mass is 9.98. The molecule has 138 heavy (non-hydrogen) atoms. The van der Waals surface area contributed by atoms with Crippen molar-refractivity contribution in [3.63, 3.8) is 0 Å². The number of aliphatic carboxylic acids is 1. The van der Waals surface area contributed by atoms with Crippen LogP contribution >= 0.6 is 11.8 Å². The SMILES string of the molecule is CCCC[C@H]1C(=O)N2C[C@H](O)C[C@@H]2C(=O)N[C@@H](CC(=O)O)C(=O)N[C@@H](C(C)C)C(=O)N(C)[C@@H](Cc2ccccc2)C(=O)N[C@@H](Cc2ccc(O)cc2)C(=O)N2C[C@H](O)C[C@@H]2C(=O)N[C@@H](Cc2c[nH]c3ccccc23)C(=O)N[C@@H](Cc2ccc(O)cc2)C(=O)N[C@@H](CCCN)C(=O)N[C@H](C(=O)NCC(N)=O)CSCC(=O)N[C@@H](Cc2cc(F)c(F)c(F)c2)C(=O)N(C)[C@@H](Cc2ccccc2)C(=O)N1C. The summed E-state index contributed by atoms with van der Waals surface area (Å²) >= 11 is 0.634. The molecular weight excluding hydrogens is 1820 g/mol. The second-order valence-electron chi connectivity index (χ2n) is 35.0. The number of aliphatic hydroxyl groups excluding tert-OH is 2. The monoisotopic (exact) mass is 1930 g/mol. The first-order chi connectivity index (χ1) is 65.7. The van der Waals surface area contributed by atoms with Gasteiger partial charge in [0.1, 0.15) is 90.0 Å². The average molecular weight is 1940 g/mol. The van der Waals surface area contributed by atoms with Gasteiger partial charge in [0.15, 0.2) is 17.5 Å². The molecule has 0 saturated carbocycles. The Labute approximate surface area is 797 Å². The van der Waals surface area contributed by atoms with E-state index >= 15 is 51.9 Å². The van der Waals surface area contributed by atoms with Crippen LogP contribution in [0.3, 0.4) is 0 Å². The minimum absolute atomic E-state index is 0.00243. The van der Waals surface area contributed by atoms with Crippen LogP contribution in [0.2, 0.25) is 0 Å². The first-order valence-electron chi connectivity index (χ1n) is 45.3. The molecule has 42 heteroatoms. The van der Waals surface area contributed by atoms with Crippen LogP contribution in [-0.2, 0) is 115 Å². The number of thioether (sulfide) groups is 1. The smallest absolute Gasteiger partial charge is 0.305 e. The van der Waals surface area contributed by atoms with Gasteiger partial charge in [-0.2, -0.15) is 0 Å². The molecule has 6 aromatic carbocycles. The molecule has 1 aromatic heterocycles. The molecule has 4 heterocycles. The fraction of sp³-hybridized carbons (Fsp3) is 0.438. The summed E-state index contributed by atoms with van der Waals surface area (Å²) in [6.07, 6.45) is -5.89. The van der Waals surface area contributed by atoms with Crippen molar-refractivity contribution in [1.29, 1.82) is 0 Å². The second-order valence-corrected chi connectivity index (χ2v) is 36.1. The number of nitrogens with zero attached hydrogens (tertiary/aromatic N) is 5.